The summed E-state index contributed by atoms with van der Waals surface area (Å²) in [5.41, 5.74) is 5.74. The van der Waals surface area contributed by atoms with E-state index in [1.54, 1.807) is 11.8 Å². The second-order valence-corrected chi connectivity index (χ2v) is 6.98. The maximum Gasteiger partial charge on any atom is 0.279 e. The minimum absolute atomic E-state index is 0.114. The lowest BCUT2D eigenvalue weighted by Crippen LogP contribution is -2.15. The fraction of sp³-hybridized carbons (Fsp3) is 0.0400. The topological polar surface area (TPSA) is 59.4 Å². The van der Waals surface area contributed by atoms with Gasteiger partial charge in [-0.3, -0.25) is 14.9 Å². The van der Waals surface area contributed by atoms with Gasteiger partial charge in [0.2, 0.25) is 0 Å². The number of rotatable bonds is 4. The van der Waals surface area contributed by atoms with E-state index in [1.165, 1.54) is 0 Å². The summed E-state index contributed by atoms with van der Waals surface area (Å²) in [7, 11) is 1.63. The van der Waals surface area contributed by atoms with Crippen molar-refractivity contribution in [2.75, 3.05) is 7.11 Å². The molecule has 0 unspecified atom stereocenters. The number of fused-ring (bicyclic) bond motifs is 1. The molecule has 0 atom stereocenters. The molecule has 146 valence electrons. The van der Waals surface area contributed by atoms with Crippen LogP contribution in [0.5, 0.6) is 5.75 Å². The Morgan fingerprint density at radius 3 is 2.43 bits per heavy atom. The molecule has 0 saturated carbocycles. The van der Waals surface area contributed by atoms with Crippen molar-refractivity contribution in [2.24, 2.45) is 4.99 Å². The van der Waals surface area contributed by atoms with Gasteiger partial charge in [-0.25, -0.2) is 4.68 Å². The summed E-state index contributed by atoms with van der Waals surface area (Å²) in [5, 5.41) is 3.29. The molecule has 2 heterocycles. The summed E-state index contributed by atoms with van der Waals surface area (Å²) in [4.78, 5) is 17.9. The van der Waals surface area contributed by atoms with Gasteiger partial charge in [0.15, 0.2) is 0 Å². The fourth-order valence-electron chi connectivity index (χ4n) is 3.63. The van der Waals surface area contributed by atoms with Crippen molar-refractivity contribution in [1.29, 1.82) is 0 Å². The first-order valence-corrected chi connectivity index (χ1v) is 9.64. The molecule has 4 aromatic rings. The minimum Gasteiger partial charge on any atom is -0.497 e. The second kappa shape index (κ2) is 7.37. The molecule has 0 bridgehead atoms. The molecule has 0 saturated heterocycles. The van der Waals surface area contributed by atoms with E-state index in [-0.39, 0.29) is 5.56 Å². The normalized spacial score (nSPS) is 13.6. The van der Waals surface area contributed by atoms with Crippen LogP contribution >= 0.6 is 0 Å². The number of hydrogen-bond acceptors (Lipinski definition) is 3. The first kappa shape index (κ1) is 17.9. The second-order valence-electron chi connectivity index (χ2n) is 6.98. The van der Waals surface area contributed by atoms with E-state index in [0.717, 1.165) is 39.5 Å². The SMILES string of the molecule is COc1ccc(-c2[nH]n(-c3ccccc3)c(=O)c2C=C2C=Nc3ccccc32)cc1. The van der Waals surface area contributed by atoms with Crippen LogP contribution in [0.2, 0.25) is 0 Å². The summed E-state index contributed by atoms with van der Waals surface area (Å²) >= 11 is 0. The Morgan fingerprint density at radius 2 is 1.67 bits per heavy atom. The maximum atomic E-state index is 13.4. The first-order chi connectivity index (χ1) is 14.7. The highest BCUT2D eigenvalue weighted by Crippen LogP contribution is 2.33. The number of ether oxygens (including phenoxy) is 1. The van der Waals surface area contributed by atoms with Crippen LogP contribution in [0.25, 0.3) is 28.6 Å². The van der Waals surface area contributed by atoms with Gasteiger partial charge in [-0.1, -0.05) is 36.4 Å². The van der Waals surface area contributed by atoms with Gasteiger partial charge in [-0.2, -0.15) is 0 Å². The van der Waals surface area contributed by atoms with E-state index in [9.17, 15) is 4.79 Å². The van der Waals surface area contributed by atoms with Crippen molar-refractivity contribution < 1.29 is 4.74 Å². The zero-order valence-corrected chi connectivity index (χ0v) is 16.4. The predicted octanol–water partition coefficient (Wildman–Crippen LogP) is 5.10. The Hall–Kier alpha value is -4.12. The number of H-pyrrole nitrogens is 1. The highest BCUT2D eigenvalue weighted by atomic mass is 16.5. The average molecular weight is 393 g/mol. The number of benzene rings is 3. The van der Waals surface area contributed by atoms with Crippen molar-refractivity contribution in [3.8, 4) is 22.7 Å². The fourth-order valence-corrected chi connectivity index (χ4v) is 3.63. The number of aromatic amines is 1. The number of allylic oxidation sites excluding steroid dienone is 1. The van der Waals surface area contributed by atoms with Crippen molar-refractivity contribution in [3.63, 3.8) is 0 Å². The minimum atomic E-state index is -0.114. The first-order valence-electron chi connectivity index (χ1n) is 9.64. The lowest BCUT2D eigenvalue weighted by Gasteiger charge is -2.04. The third-order valence-electron chi connectivity index (χ3n) is 5.18. The Labute approximate surface area is 173 Å². The summed E-state index contributed by atoms with van der Waals surface area (Å²) in [6.45, 7) is 0. The zero-order chi connectivity index (χ0) is 20.5. The van der Waals surface area contributed by atoms with Crippen LogP contribution in [0.3, 0.4) is 0 Å². The molecule has 0 fully saturated rings. The number of nitrogens with zero attached hydrogens (tertiary/aromatic N) is 2. The molecule has 1 aliphatic rings. The molecule has 1 aromatic heterocycles. The van der Waals surface area contributed by atoms with Crippen molar-refractivity contribution in [2.45, 2.75) is 0 Å². The summed E-state index contributed by atoms with van der Waals surface area (Å²) in [6.07, 6.45) is 3.72. The molecular formula is C25H19N3O2. The Balaban J connectivity index is 1.71. The predicted molar refractivity (Wildman–Crippen MR) is 121 cm³/mol. The van der Waals surface area contributed by atoms with E-state index in [4.69, 9.17) is 4.74 Å². The Morgan fingerprint density at radius 1 is 0.933 bits per heavy atom. The number of para-hydroxylation sites is 2. The highest BCUT2D eigenvalue weighted by Gasteiger charge is 2.18. The van der Waals surface area contributed by atoms with Gasteiger partial charge >= 0.3 is 0 Å². The number of nitrogens with one attached hydrogen (secondary N) is 1. The zero-order valence-electron chi connectivity index (χ0n) is 16.4. The third-order valence-corrected chi connectivity index (χ3v) is 5.18. The lowest BCUT2D eigenvalue weighted by atomic mass is 10.0. The molecule has 1 N–H and O–H groups in total. The van der Waals surface area contributed by atoms with Crippen molar-refractivity contribution in [3.05, 3.63) is 100 Å². The van der Waals surface area contributed by atoms with Crippen LogP contribution in [0, 0.1) is 0 Å². The Kier molecular flexibility index (Phi) is 4.41. The number of methoxy groups -OCH3 is 1. The van der Waals surface area contributed by atoms with Crippen LogP contribution in [-0.2, 0) is 0 Å². The lowest BCUT2D eigenvalue weighted by molar-refractivity contribution is 0.415. The van der Waals surface area contributed by atoms with Crippen LogP contribution in [-0.4, -0.2) is 23.1 Å². The van der Waals surface area contributed by atoms with Gasteiger partial charge in [0.25, 0.3) is 5.56 Å². The van der Waals surface area contributed by atoms with E-state index >= 15 is 0 Å². The largest absolute Gasteiger partial charge is 0.497 e. The standard InChI is InChI=1S/C25H19N3O2/c1-30-20-13-11-17(12-14-20)24-22(15-18-16-26-23-10-6-5-9-21(18)23)25(29)28(27-24)19-7-3-2-4-8-19/h2-16,27H,1H3. The van der Waals surface area contributed by atoms with Gasteiger partial charge in [-0.05, 0) is 48.5 Å². The third kappa shape index (κ3) is 3.06. The summed E-state index contributed by atoms with van der Waals surface area (Å²) < 4.78 is 6.85. The van der Waals surface area contributed by atoms with Gasteiger partial charge in [0, 0.05) is 22.9 Å². The van der Waals surface area contributed by atoms with Crippen LogP contribution in [0.4, 0.5) is 5.69 Å². The number of hydrogen-bond donors (Lipinski definition) is 1. The monoisotopic (exact) mass is 393 g/mol. The van der Waals surface area contributed by atoms with E-state index in [0.29, 0.717) is 5.56 Å². The molecule has 5 heteroatoms. The molecule has 30 heavy (non-hydrogen) atoms. The van der Waals surface area contributed by atoms with Crippen LogP contribution in [0.1, 0.15) is 11.1 Å². The number of aromatic nitrogens is 2. The molecule has 0 amide bonds. The van der Waals surface area contributed by atoms with Crippen LogP contribution < -0.4 is 10.3 Å². The van der Waals surface area contributed by atoms with Gasteiger partial charge in [0.05, 0.1) is 29.7 Å². The highest BCUT2D eigenvalue weighted by molar-refractivity contribution is 6.21. The summed E-state index contributed by atoms with van der Waals surface area (Å²) in [5.74, 6) is 0.764. The molecule has 1 aliphatic heterocycles. The molecule has 3 aromatic carbocycles. The van der Waals surface area contributed by atoms with E-state index in [2.05, 4.69) is 10.1 Å². The van der Waals surface area contributed by atoms with Gasteiger partial charge in [-0.15, -0.1) is 0 Å². The average Bonchev–Trinajstić information content (AvgIpc) is 3.36. The molecule has 0 radical (unpaired) electrons. The molecular weight excluding hydrogens is 374 g/mol. The van der Waals surface area contributed by atoms with Crippen molar-refractivity contribution in [1.82, 2.24) is 9.78 Å². The van der Waals surface area contributed by atoms with Gasteiger partial charge < -0.3 is 4.74 Å². The quantitative estimate of drug-likeness (QED) is 0.524. The Bertz CT molecular complexity index is 1330. The maximum absolute atomic E-state index is 13.4. The number of aliphatic imine (C=N–C) groups is 1. The smallest absolute Gasteiger partial charge is 0.279 e. The molecule has 5 rings (SSSR count). The van der Waals surface area contributed by atoms with Crippen LogP contribution in [0.15, 0.2) is 88.6 Å². The van der Waals surface area contributed by atoms with Gasteiger partial charge in [0.1, 0.15) is 5.75 Å². The molecule has 5 nitrogen and oxygen atoms in total. The van der Waals surface area contributed by atoms with E-state index < -0.39 is 0 Å². The van der Waals surface area contributed by atoms with E-state index in [1.807, 2.05) is 91.2 Å². The molecule has 0 aliphatic carbocycles. The summed E-state index contributed by atoms with van der Waals surface area (Å²) in [6, 6.07) is 25.1. The van der Waals surface area contributed by atoms with Crippen molar-refractivity contribution >= 4 is 23.6 Å². The molecule has 0 spiro atoms.